The van der Waals surface area contributed by atoms with Crippen LogP contribution in [-0.4, -0.2) is 33.4 Å². The first-order chi connectivity index (χ1) is 16.0. The molecule has 3 rings (SSSR count). The minimum absolute atomic E-state index is 0.143. The molecule has 0 heterocycles. The number of rotatable bonds is 6. The van der Waals surface area contributed by atoms with Gasteiger partial charge in [-0.2, -0.15) is 18.4 Å². The zero-order valence-electron chi connectivity index (χ0n) is 18.1. The Bertz CT molecular complexity index is 1340. The summed E-state index contributed by atoms with van der Waals surface area (Å²) in [5.41, 5.74) is -1.35. The average molecular weight is 605 g/mol. The van der Waals surface area contributed by atoms with E-state index in [1.165, 1.54) is 31.2 Å². The van der Waals surface area contributed by atoms with Crippen LogP contribution in [0.15, 0.2) is 75.1 Å². The van der Waals surface area contributed by atoms with E-state index in [1.807, 2.05) is 27.4 Å². The number of esters is 1. The molecule has 0 fully saturated rings. The summed E-state index contributed by atoms with van der Waals surface area (Å²) in [5.74, 6) is -3.30. The van der Waals surface area contributed by atoms with E-state index in [2.05, 4.69) is 15.2 Å². The Hall–Kier alpha value is -2.87. The number of allylic oxidation sites excluding steroid dienone is 2. The molecule has 0 radical (unpaired) electrons. The van der Waals surface area contributed by atoms with Gasteiger partial charge in [0.15, 0.2) is 12.0 Å². The first-order valence-corrected chi connectivity index (χ1v) is 12.2. The lowest BCUT2D eigenvalue weighted by Crippen LogP contribution is -2.33. The maximum atomic E-state index is 15.1. The minimum Gasteiger partial charge on any atom is -0.465 e. The number of carbonyl (C=O) groups excluding carboxylic acids is 1. The van der Waals surface area contributed by atoms with Gasteiger partial charge in [-0.25, -0.2) is 18.0 Å². The summed E-state index contributed by atoms with van der Waals surface area (Å²) in [6, 6.07) is 9.77. The Morgan fingerprint density at radius 3 is 2.35 bits per heavy atom. The van der Waals surface area contributed by atoms with Crippen molar-refractivity contribution in [3.05, 3.63) is 80.1 Å². The summed E-state index contributed by atoms with van der Waals surface area (Å²) in [6.07, 6.45) is -2.54. The van der Waals surface area contributed by atoms with Gasteiger partial charge in [0.05, 0.1) is 29.0 Å². The van der Waals surface area contributed by atoms with Crippen LogP contribution in [0.5, 0.6) is 0 Å². The van der Waals surface area contributed by atoms with Crippen LogP contribution in [-0.2, 0) is 19.6 Å². The third-order valence-electron chi connectivity index (χ3n) is 4.91. The minimum atomic E-state index is -4.20. The maximum Gasteiger partial charge on any atom is 0.340 e. The van der Waals surface area contributed by atoms with Crippen molar-refractivity contribution in [2.45, 2.75) is 24.9 Å². The van der Waals surface area contributed by atoms with E-state index in [0.29, 0.717) is 3.57 Å². The summed E-state index contributed by atoms with van der Waals surface area (Å²) in [7, 11) is -3.17. The number of halogens is 4. The maximum absolute atomic E-state index is 15.1. The number of anilines is 1. The fourth-order valence-corrected chi connectivity index (χ4v) is 4.37. The highest BCUT2D eigenvalue weighted by Crippen LogP contribution is 2.34. The highest BCUT2D eigenvalue weighted by Gasteiger charge is 2.38. The Labute approximate surface area is 208 Å². The third-order valence-corrected chi connectivity index (χ3v) is 6.80. The van der Waals surface area contributed by atoms with Crippen LogP contribution in [0.3, 0.4) is 0 Å². The molecule has 1 aliphatic rings. The number of nitrogens with zero attached hydrogens (tertiary/aromatic N) is 1. The fourth-order valence-electron chi connectivity index (χ4n) is 3.10. The number of alkyl halides is 1. The van der Waals surface area contributed by atoms with E-state index in [1.54, 1.807) is 19.1 Å². The number of methoxy groups -OCH3 is 1. The van der Waals surface area contributed by atoms with Crippen molar-refractivity contribution in [1.82, 2.24) is 4.83 Å². The highest BCUT2D eigenvalue weighted by atomic mass is 127. The number of hydrogen-bond acceptors (Lipinski definition) is 6. The van der Waals surface area contributed by atoms with Crippen LogP contribution in [0.25, 0.3) is 0 Å². The molecule has 0 saturated heterocycles. The second kappa shape index (κ2) is 10.2. The topological polar surface area (TPSA) is 96.9 Å². The molecule has 0 amide bonds. The van der Waals surface area contributed by atoms with Crippen LogP contribution >= 0.6 is 22.6 Å². The molecule has 180 valence electrons. The Kier molecular flexibility index (Phi) is 7.70. The Morgan fingerprint density at radius 1 is 1.12 bits per heavy atom. The SMILES string of the molecule is COC(=O)C1=C(C)C(=NNS(=O)(=O)c2ccc(C)cc2)C(F)C(F)=C1Nc1ccc(I)cc1F. The second-order valence-corrected chi connectivity index (χ2v) is 10.1. The zero-order valence-corrected chi connectivity index (χ0v) is 21.1. The third kappa shape index (κ3) is 5.27. The van der Waals surface area contributed by atoms with Crippen molar-refractivity contribution >= 4 is 50.0 Å². The van der Waals surface area contributed by atoms with Gasteiger partial charge in [-0.3, -0.25) is 0 Å². The standard InChI is InChI=1S/C22H19F3IN3O4S/c1-11-4-7-14(8-5-11)34(31,32)29-28-20-12(2)17(22(30)33-3)21(19(25)18(20)24)27-16-9-6-13(26)10-15(16)23/h4-10,18,27,29H,1-3H3. The second-order valence-electron chi connectivity index (χ2n) is 7.23. The molecule has 1 atom stereocenters. The van der Waals surface area contributed by atoms with Crippen molar-refractivity contribution in [2.75, 3.05) is 12.4 Å². The van der Waals surface area contributed by atoms with Crippen molar-refractivity contribution in [3.63, 3.8) is 0 Å². The lowest BCUT2D eigenvalue weighted by molar-refractivity contribution is -0.135. The number of hydrogen-bond donors (Lipinski definition) is 2. The molecular formula is C22H19F3IN3O4S. The van der Waals surface area contributed by atoms with Gasteiger partial charge in [-0.05, 0) is 72.3 Å². The smallest absolute Gasteiger partial charge is 0.340 e. The summed E-state index contributed by atoms with van der Waals surface area (Å²) < 4.78 is 74.8. The average Bonchev–Trinajstić information content (AvgIpc) is 2.78. The fraction of sp³-hybridized carbons (Fsp3) is 0.182. The molecule has 1 aliphatic carbocycles. The molecular weight excluding hydrogens is 586 g/mol. The van der Waals surface area contributed by atoms with Crippen molar-refractivity contribution in [2.24, 2.45) is 5.10 Å². The predicted octanol–water partition coefficient (Wildman–Crippen LogP) is 4.51. The zero-order chi connectivity index (χ0) is 25.2. The van der Waals surface area contributed by atoms with Crippen LogP contribution in [0.2, 0.25) is 0 Å². The van der Waals surface area contributed by atoms with Gasteiger partial charge in [0.2, 0.25) is 0 Å². The number of sulfonamides is 1. The number of benzene rings is 2. The number of carbonyl (C=O) groups is 1. The van der Waals surface area contributed by atoms with Crippen LogP contribution in [0, 0.1) is 16.3 Å². The monoisotopic (exact) mass is 605 g/mol. The van der Waals surface area contributed by atoms with Gasteiger partial charge in [0.1, 0.15) is 11.5 Å². The molecule has 1 unspecified atom stereocenters. The number of ether oxygens (including phenoxy) is 1. The van der Waals surface area contributed by atoms with Crippen LogP contribution in [0.1, 0.15) is 12.5 Å². The van der Waals surface area contributed by atoms with Gasteiger partial charge < -0.3 is 10.1 Å². The van der Waals surface area contributed by atoms with E-state index in [4.69, 9.17) is 0 Å². The molecule has 0 aromatic heterocycles. The molecule has 7 nitrogen and oxygen atoms in total. The van der Waals surface area contributed by atoms with Crippen molar-refractivity contribution < 1.29 is 31.1 Å². The molecule has 0 bridgehead atoms. The lowest BCUT2D eigenvalue weighted by atomic mass is 9.91. The normalized spacial score (nSPS) is 17.7. The van der Waals surface area contributed by atoms with Crippen molar-refractivity contribution in [1.29, 1.82) is 0 Å². The van der Waals surface area contributed by atoms with E-state index >= 15 is 8.78 Å². The van der Waals surface area contributed by atoms with Crippen LogP contribution in [0.4, 0.5) is 18.9 Å². The molecule has 2 aromatic carbocycles. The summed E-state index contributed by atoms with van der Waals surface area (Å²) >= 11 is 1.88. The molecule has 0 spiro atoms. The van der Waals surface area contributed by atoms with Gasteiger partial charge in [0, 0.05) is 3.57 Å². The van der Waals surface area contributed by atoms with Gasteiger partial charge in [-0.15, -0.1) is 0 Å². The molecule has 0 aliphatic heterocycles. The molecule has 0 saturated carbocycles. The number of aryl methyl sites for hydroxylation is 1. The Morgan fingerprint density at radius 2 is 1.76 bits per heavy atom. The van der Waals surface area contributed by atoms with E-state index in [9.17, 15) is 17.6 Å². The van der Waals surface area contributed by atoms with E-state index < -0.39 is 50.8 Å². The first kappa shape index (κ1) is 25.7. The van der Waals surface area contributed by atoms with Crippen molar-refractivity contribution in [3.8, 4) is 0 Å². The van der Waals surface area contributed by atoms with Gasteiger partial charge in [0.25, 0.3) is 10.0 Å². The predicted molar refractivity (Wildman–Crippen MR) is 129 cm³/mol. The van der Waals surface area contributed by atoms with Crippen LogP contribution < -0.4 is 10.1 Å². The van der Waals surface area contributed by atoms with Gasteiger partial charge in [-0.1, -0.05) is 17.7 Å². The lowest BCUT2D eigenvalue weighted by Gasteiger charge is -2.25. The number of hydrazone groups is 1. The number of nitrogens with one attached hydrogen (secondary N) is 2. The molecule has 12 heteroatoms. The molecule has 2 aromatic rings. The molecule has 34 heavy (non-hydrogen) atoms. The Balaban J connectivity index is 2.04. The summed E-state index contributed by atoms with van der Waals surface area (Å²) in [6.45, 7) is 3.02. The van der Waals surface area contributed by atoms with E-state index in [-0.39, 0.29) is 16.2 Å². The first-order valence-electron chi connectivity index (χ1n) is 9.68. The molecule has 2 N–H and O–H groups in total. The summed E-state index contributed by atoms with van der Waals surface area (Å²) in [4.78, 5) is 14.2. The summed E-state index contributed by atoms with van der Waals surface area (Å²) in [5, 5.41) is 5.97. The largest absolute Gasteiger partial charge is 0.465 e. The van der Waals surface area contributed by atoms with Gasteiger partial charge >= 0.3 is 5.97 Å². The van der Waals surface area contributed by atoms with E-state index in [0.717, 1.165) is 18.7 Å². The quantitative estimate of drug-likeness (QED) is 0.287. The highest BCUT2D eigenvalue weighted by molar-refractivity contribution is 14.1.